The maximum absolute atomic E-state index is 5.56. The summed E-state index contributed by atoms with van der Waals surface area (Å²) < 4.78 is 5.56. The van der Waals surface area contributed by atoms with Gasteiger partial charge in [-0.1, -0.05) is 32.6 Å². The lowest BCUT2D eigenvalue weighted by atomic mass is 10.2. The Kier molecular flexibility index (Phi) is 7.11. The molecular formula is C13H23N3O. The van der Waals surface area contributed by atoms with Crippen LogP contribution in [0.4, 0.5) is 5.82 Å². The maximum Gasteiger partial charge on any atom is 0.234 e. The average Bonchev–Trinajstić information content (AvgIpc) is 2.35. The minimum absolute atomic E-state index is 0.610. The predicted octanol–water partition coefficient (Wildman–Crippen LogP) is 3.26. The number of aromatic nitrogens is 2. The van der Waals surface area contributed by atoms with E-state index in [0.29, 0.717) is 5.88 Å². The largest absolute Gasteiger partial charge is 0.477 e. The Morgan fingerprint density at radius 3 is 2.71 bits per heavy atom. The van der Waals surface area contributed by atoms with Gasteiger partial charge in [-0.3, -0.25) is 4.98 Å². The number of unbranched alkanes of at least 4 members (excludes halogenated alkanes) is 4. The Balaban J connectivity index is 2.19. The number of rotatable bonds is 9. The first-order valence-corrected chi connectivity index (χ1v) is 6.55. The maximum atomic E-state index is 5.56. The van der Waals surface area contributed by atoms with Crippen LogP contribution in [0.5, 0.6) is 5.88 Å². The molecule has 1 rings (SSSR count). The Bertz CT molecular complexity index is 304. The first kappa shape index (κ1) is 13.7. The van der Waals surface area contributed by atoms with Gasteiger partial charge in [0.05, 0.1) is 19.0 Å². The zero-order valence-corrected chi connectivity index (χ0v) is 10.9. The van der Waals surface area contributed by atoms with Crippen molar-refractivity contribution in [2.24, 2.45) is 0 Å². The molecule has 0 aliphatic rings. The summed E-state index contributed by atoms with van der Waals surface area (Å²) in [6.45, 7) is 5.82. The van der Waals surface area contributed by atoms with Gasteiger partial charge in [-0.05, 0) is 13.3 Å². The van der Waals surface area contributed by atoms with E-state index in [1.54, 1.807) is 12.4 Å². The van der Waals surface area contributed by atoms with Crippen molar-refractivity contribution in [3.63, 3.8) is 0 Å². The molecule has 0 aromatic carbocycles. The monoisotopic (exact) mass is 237 g/mol. The first-order chi connectivity index (χ1) is 8.36. The van der Waals surface area contributed by atoms with Crippen LogP contribution < -0.4 is 10.1 Å². The highest BCUT2D eigenvalue weighted by Crippen LogP contribution is 2.10. The fourth-order valence-electron chi connectivity index (χ4n) is 1.57. The summed E-state index contributed by atoms with van der Waals surface area (Å²) in [5, 5.41) is 3.11. The van der Waals surface area contributed by atoms with E-state index in [4.69, 9.17) is 4.74 Å². The zero-order valence-electron chi connectivity index (χ0n) is 10.9. The minimum atomic E-state index is 0.610. The number of nitrogens with one attached hydrogen (secondary N) is 1. The highest BCUT2D eigenvalue weighted by atomic mass is 16.5. The lowest BCUT2D eigenvalue weighted by Gasteiger charge is -2.06. The van der Waals surface area contributed by atoms with Crippen LogP contribution >= 0.6 is 0 Å². The third kappa shape index (κ3) is 6.09. The smallest absolute Gasteiger partial charge is 0.234 e. The van der Waals surface area contributed by atoms with Crippen LogP contribution in [-0.4, -0.2) is 23.1 Å². The van der Waals surface area contributed by atoms with E-state index in [1.165, 1.54) is 25.7 Å². The summed E-state index contributed by atoms with van der Waals surface area (Å²) in [5.74, 6) is 1.38. The standard InChI is InChI=1S/C13H23N3O/c1-3-5-6-7-8-9-17-13-11-14-10-12(16-13)15-4-2/h10-11H,3-9H2,1-2H3,(H,15,16). The minimum Gasteiger partial charge on any atom is -0.477 e. The van der Waals surface area contributed by atoms with Crippen LogP contribution in [0.25, 0.3) is 0 Å². The molecule has 0 unspecified atom stereocenters. The second-order valence-electron chi connectivity index (χ2n) is 4.04. The number of hydrogen-bond donors (Lipinski definition) is 1. The lowest BCUT2D eigenvalue weighted by molar-refractivity contribution is 0.292. The van der Waals surface area contributed by atoms with Crippen molar-refractivity contribution >= 4 is 5.82 Å². The molecule has 0 bridgehead atoms. The van der Waals surface area contributed by atoms with E-state index < -0.39 is 0 Å². The molecule has 0 saturated heterocycles. The molecule has 0 saturated carbocycles. The molecule has 17 heavy (non-hydrogen) atoms. The molecule has 0 radical (unpaired) electrons. The van der Waals surface area contributed by atoms with Crippen molar-refractivity contribution in [1.82, 2.24) is 9.97 Å². The van der Waals surface area contributed by atoms with Crippen LogP contribution in [0.3, 0.4) is 0 Å². The van der Waals surface area contributed by atoms with E-state index >= 15 is 0 Å². The van der Waals surface area contributed by atoms with Crippen molar-refractivity contribution in [2.75, 3.05) is 18.5 Å². The second-order valence-corrected chi connectivity index (χ2v) is 4.04. The summed E-state index contributed by atoms with van der Waals surface area (Å²) >= 11 is 0. The third-order valence-electron chi connectivity index (χ3n) is 2.47. The number of hydrogen-bond acceptors (Lipinski definition) is 4. The Morgan fingerprint density at radius 1 is 1.12 bits per heavy atom. The van der Waals surface area contributed by atoms with Gasteiger partial charge in [0.2, 0.25) is 5.88 Å². The first-order valence-electron chi connectivity index (χ1n) is 6.55. The molecule has 1 heterocycles. The molecule has 0 atom stereocenters. The van der Waals surface area contributed by atoms with Gasteiger partial charge in [0.15, 0.2) is 0 Å². The van der Waals surface area contributed by atoms with E-state index in [9.17, 15) is 0 Å². The van der Waals surface area contributed by atoms with Gasteiger partial charge in [0, 0.05) is 6.54 Å². The molecule has 0 spiro atoms. The molecule has 1 aromatic rings. The van der Waals surface area contributed by atoms with Crippen LogP contribution in [0.1, 0.15) is 46.0 Å². The Labute approximate surface area is 104 Å². The summed E-state index contributed by atoms with van der Waals surface area (Å²) in [6, 6.07) is 0. The van der Waals surface area contributed by atoms with Crippen molar-refractivity contribution in [3.8, 4) is 5.88 Å². The van der Waals surface area contributed by atoms with E-state index in [0.717, 1.165) is 25.4 Å². The molecule has 0 aliphatic heterocycles. The molecular weight excluding hydrogens is 214 g/mol. The van der Waals surface area contributed by atoms with Gasteiger partial charge in [0.1, 0.15) is 5.82 Å². The number of nitrogens with zero attached hydrogens (tertiary/aromatic N) is 2. The SMILES string of the molecule is CCCCCCCOc1cncc(NCC)n1. The van der Waals surface area contributed by atoms with Gasteiger partial charge in [-0.2, -0.15) is 4.98 Å². The normalized spacial score (nSPS) is 10.2. The van der Waals surface area contributed by atoms with Crippen LogP contribution in [0, 0.1) is 0 Å². The molecule has 0 fully saturated rings. The molecule has 0 amide bonds. The zero-order chi connectivity index (χ0) is 12.3. The molecule has 4 heteroatoms. The van der Waals surface area contributed by atoms with E-state index in [1.807, 2.05) is 6.92 Å². The lowest BCUT2D eigenvalue weighted by Crippen LogP contribution is -2.03. The summed E-state index contributed by atoms with van der Waals surface area (Å²) in [5.41, 5.74) is 0. The van der Waals surface area contributed by atoms with Crippen molar-refractivity contribution in [1.29, 1.82) is 0 Å². The Hall–Kier alpha value is -1.32. The van der Waals surface area contributed by atoms with Gasteiger partial charge < -0.3 is 10.1 Å². The quantitative estimate of drug-likeness (QED) is 0.670. The number of anilines is 1. The number of ether oxygens (including phenoxy) is 1. The average molecular weight is 237 g/mol. The molecule has 1 N–H and O–H groups in total. The highest BCUT2D eigenvalue weighted by molar-refractivity contribution is 5.32. The van der Waals surface area contributed by atoms with Gasteiger partial charge >= 0.3 is 0 Å². The topological polar surface area (TPSA) is 47.0 Å². The Morgan fingerprint density at radius 2 is 1.94 bits per heavy atom. The summed E-state index contributed by atoms with van der Waals surface area (Å²) in [4.78, 5) is 8.38. The van der Waals surface area contributed by atoms with Crippen LogP contribution in [0.15, 0.2) is 12.4 Å². The predicted molar refractivity (Wildman–Crippen MR) is 70.4 cm³/mol. The van der Waals surface area contributed by atoms with E-state index in [-0.39, 0.29) is 0 Å². The molecule has 96 valence electrons. The van der Waals surface area contributed by atoms with Gasteiger partial charge in [-0.25, -0.2) is 0 Å². The summed E-state index contributed by atoms with van der Waals surface area (Å²) in [6.07, 6.45) is 9.57. The summed E-state index contributed by atoms with van der Waals surface area (Å²) in [7, 11) is 0. The van der Waals surface area contributed by atoms with Crippen LogP contribution in [-0.2, 0) is 0 Å². The van der Waals surface area contributed by atoms with Gasteiger partial charge in [0.25, 0.3) is 0 Å². The van der Waals surface area contributed by atoms with Crippen molar-refractivity contribution in [2.45, 2.75) is 46.0 Å². The highest BCUT2D eigenvalue weighted by Gasteiger charge is 1.98. The third-order valence-corrected chi connectivity index (χ3v) is 2.47. The molecule has 1 aromatic heterocycles. The fraction of sp³-hybridized carbons (Fsp3) is 0.692. The van der Waals surface area contributed by atoms with Crippen molar-refractivity contribution in [3.05, 3.63) is 12.4 Å². The van der Waals surface area contributed by atoms with Gasteiger partial charge in [-0.15, -0.1) is 0 Å². The van der Waals surface area contributed by atoms with Crippen molar-refractivity contribution < 1.29 is 4.74 Å². The second kappa shape index (κ2) is 8.79. The molecule has 4 nitrogen and oxygen atoms in total. The fourth-order valence-corrected chi connectivity index (χ4v) is 1.57. The van der Waals surface area contributed by atoms with Crippen LogP contribution in [0.2, 0.25) is 0 Å². The van der Waals surface area contributed by atoms with E-state index in [2.05, 4.69) is 22.2 Å². The molecule has 0 aliphatic carbocycles.